The largest absolute Gasteiger partial charge is 0.307 e. The van der Waals surface area contributed by atoms with Crippen molar-refractivity contribution in [1.82, 2.24) is 4.57 Å². The van der Waals surface area contributed by atoms with Crippen molar-refractivity contribution in [2.24, 2.45) is 4.99 Å². The lowest BCUT2D eigenvalue weighted by Crippen LogP contribution is -2.46. The van der Waals surface area contributed by atoms with Gasteiger partial charge >= 0.3 is 0 Å². The molecule has 3 nitrogen and oxygen atoms in total. The Kier molecular flexibility index (Phi) is 4.88. The molecule has 2 aliphatic rings. The molecule has 0 bridgehead atoms. The van der Waals surface area contributed by atoms with Crippen LogP contribution in [0.2, 0.25) is 5.02 Å². The number of hydrogen-bond donors (Lipinski definition) is 0. The second-order valence-corrected chi connectivity index (χ2v) is 6.21. The van der Waals surface area contributed by atoms with Crippen molar-refractivity contribution in [3.8, 4) is 0 Å². The third-order valence-corrected chi connectivity index (χ3v) is 4.61. The van der Waals surface area contributed by atoms with Gasteiger partial charge in [0, 0.05) is 23.5 Å². The first kappa shape index (κ1) is 16.9. The molecular formula is C18H15Cl2FN2O. The third-order valence-electron chi connectivity index (χ3n) is 4.02. The highest BCUT2D eigenvalue weighted by atomic mass is 35.5. The average Bonchev–Trinajstić information content (AvgIpc) is 2.58. The van der Waals surface area contributed by atoms with Crippen molar-refractivity contribution in [3.05, 3.63) is 68.3 Å². The van der Waals surface area contributed by atoms with Crippen LogP contribution < -0.4 is 16.1 Å². The number of aliphatic imine (C=N–C) groups is 1. The van der Waals surface area contributed by atoms with E-state index in [2.05, 4.69) is 4.99 Å². The molecule has 0 aromatic carbocycles. The fraction of sp³-hybridized carbons (Fsp3) is 0.222. The molecule has 0 unspecified atom stereocenters. The van der Waals surface area contributed by atoms with Gasteiger partial charge in [0.15, 0.2) is 0 Å². The number of nitrogens with zero attached hydrogens (tertiary/aromatic N) is 2. The molecule has 24 heavy (non-hydrogen) atoms. The molecule has 0 spiro atoms. The van der Waals surface area contributed by atoms with E-state index < -0.39 is 0 Å². The van der Waals surface area contributed by atoms with E-state index in [1.54, 1.807) is 22.9 Å². The molecule has 0 N–H and O–H groups in total. The Hall–Kier alpha value is -1.91. The molecule has 0 radical (unpaired) electrons. The molecule has 1 aromatic heterocycles. The van der Waals surface area contributed by atoms with Crippen LogP contribution in [-0.4, -0.2) is 9.74 Å². The Labute approximate surface area is 148 Å². The zero-order chi connectivity index (χ0) is 17.3. The normalized spacial score (nSPS) is 21.7. The molecule has 0 amide bonds. The van der Waals surface area contributed by atoms with Crippen LogP contribution in [0.5, 0.6) is 0 Å². The molecule has 6 heteroatoms. The van der Waals surface area contributed by atoms with E-state index in [1.165, 1.54) is 12.2 Å². The summed E-state index contributed by atoms with van der Waals surface area (Å²) < 4.78 is 14.9. The molecule has 124 valence electrons. The van der Waals surface area contributed by atoms with Gasteiger partial charge in [-0.3, -0.25) is 4.79 Å². The molecule has 1 aromatic rings. The number of halogens is 3. The summed E-state index contributed by atoms with van der Waals surface area (Å²) in [6.45, 7) is 2.32. The van der Waals surface area contributed by atoms with Crippen LogP contribution in [0.15, 0.2) is 52.2 Å². The summed E-state index contributed by atoms with van der Waals surface area (Å²) in [5, 5.41) is 1.97. The molecule has 0 atom stereocenters. The summed E-state index contributed by atoms with van der Waals surface area (Å²) in [5.74, 6) is -0.285. The van der Waals surface area contributed by atoms with Crippen molar-refractivity contribution < 1.29 is 4.39 Å². The fourth-order valence-electron chi connectivity index (χ4n) is 2.88. The number of rotatable bonds is 1. The second kappa shape index (κ2) is 6.91. The Morgan fingerprint density at radius 2 is 2.08 bits per heavy atom. The molecule has 2 heterocycles. The minimum absolute atomic E-state index is 0.129. The number of pyridine rings is 1. The minimum Gasteiger partial charge on any atom is -0.307 e. The van der Waals surface area contributed by atoms with Crippen LogP contribution in [0.1, 0.15) is 19.8 Å². The van der Waals surface area contributed by atoms with Gasteiger partial charge in [-0.05, 0) is 43.6 Å². The standard InChI is InChI=1S/C18H15Cl2FN2O/c1-2-23-16(11-5-7-12(21)8-6-11)14(10-15(19)18(23)24)13-4-3-9-22-17(13)20/h3,5,7-10H,2,4,6H2,1H3. The molecule has 1 aliphatic carbocycles. The molecule has 0 saturated carbocycles. The van der Waals surface area contributed by atoms with E-state index in [-0.39, 0.29) is 16.4 Å². The maximum Gasteiger partial charge on any atom is 0.269 e. The van der Waals surface area contributed by atoms with E-state index in [4.69, 9.17) is 23.2 Å². The molecule has 3 rings (SSSR count). The Morgan fingerprint density at radius 3 is 2.71 bits per heavy atom. The number of hydrogen-bond acceptors (Lipinski definition) is 2. The Bertz CT molecular complexity index is 997. The summed E-state index contributed by atoms with van der Waals surface area (Å²) in [6, 6.07) is 1.63. The first-order valence-electron chi connectivity index (χ1n) is 7.61. The van der Waals surface area contributed by atoms with Gasteiger partial charge in [0.2, 0.25) is 0 Å². The summed E-state index contributed by atoms with van der Waals surface area (Å²) >= 11 is 12.4. The zero-order valence-corrected chi connectivity index (χ0v) is 14.5. The third kappa shape index (κ3) is 3.04. The van der Waals surface area contributed by atoms with Crippen molar-refractivity contribution in [2.45, 2.75) is 26.3 Å². The molecule has 0 fully saturated rings. The Morgan fingerprint density at radius 1 is 1.29 bits per heavy atom. The molecular weight excluding hydrogens is 350 g/mol. The highest BCUT2D eigenvalue weighted by Gasteiger charge is 2.14. The predicted octanol–water partition coefficient (Wildman–Crippen LogP) is 3.19. The van der Waals surface area contributed by atoms with Gasteiger partial charge in [0.1, 0.15) is 16.0 Å². The lowest BCUT2D eigenvalue weighted by atomic mass is 10.0. The maximum absolute atomic E-state index is 13.3. The van der Waals surface area contributed by atoms with Gasteiger partial charge in [0.05, 0.1) is 5.35 Å². The summed E-state index contributed by atoms with van der Waals surface area (Å²) in [5.41, 5.74) is 1.37. The zero-order valence-electron chi connectivity index (χ0n) is 13.0. The van der Waals surface area contributed by atoms with E-state index in [1.807, 2.05) is 13.0 Å². The van der Waals surface area contributed by atoms with Crippen molar-refractivity contribution in [1.29, 1.82) is 0 Å². The van der Waals surface area contributed by atoms with Crippen molar-refractivity contribution in [2.75, 3.05) is 0 Å². The first-order valence-corrected chi connectivity index (χ1v) is 8.36. The minimum atomic E-state index is -0.285. The summed E-state index contributed by atoms with van der Waals surface area (Å²) in [7, 11) is 0. The topological polar surface area (TPSA) is 34.4 Å². The lowest BCUT2D eigenvalue weighted by Gasteiger charge is -2.14. The van der Waals surface area contributed by atoms with E-state index in [9.17, 15) is 9.18 Å². The second-order valence-electron chi connectivity index (χ2n) is 5.44. The lowest BCUT2D eigenvalue weighted by molar-refractivity contribution is 0.659. The van der Waals surface area contributed by atoms with Crippen LogP contribution in [0.4, 0.5) is 4.39 Å². The van der Waals surface area contributed by atoms with Crippen LogP contribution in [0.3, 0.4) is 0 Å². The van der Waals surface area contributed by atoms with Crippen LogP contribution in [0, 0.1) is 0 Å². The monoisotopic (exact) mass is 364 g/mol. The van der Waals surface area contributed by atoms with Gasteiger partial charge < -0.3 is 4.57 Å². The highest BCUT2D eigenvalue weighted by molar-refractivity contribution is 6.75. The van der Waals surface area contributed by atoms with Gasteiger partial charge in [0.25, 0.3) is 5.56 Å². The van der Waals surface area contributed by atoms with Crippen molar-refractivity contribution >= 4 is 39.5 Å². The van der Waals surface area contributed by atoms with Gasteiger partial charge in [-0.2, -0.15) is 0 Å². The van der Waals surface area contributed by atoms with E-state index >= 15 is 0 Å². The van der Waals surface area contributed by atoms with E-state index in [0.717, 1.165) is 16.4 Å². The predicted molar refractivity (Wildman–Crippen MR) is 97.4 cm³/mol. The SMILES string of the molecule is CCn1c(=O)c(Cl)cc(=C2CC=CN=C2Cl)c1=C1C=CC(F)=CC1. The maximum atomic E-state index is 13.3. The van der Waals surface area contributed by atoms with Gasteiger partial charge in [-0.1, -0.05) is 35.4 Å². The fourth-order valence-corrected chi connectivity index (χ4v) is 3.33. The van der Waals surface area contributed by atoms with Crippen LogP contribution in [0.25, 0.3) is 11.1 Å². The van der Waals surface area contributed by atoms with Gasteiger partial charge in [-0.25, -0.2) is 9.38 Å². The van der Waals surface area contributed by atoms with Crippen molar-refractivity contribution in [3.63, 3.8) is 0 Å². The van der Waals surface area contributed by atoms with Crippen LogP contribution in [-0.2, 0) is 6.54 Å². The smallest absolute Gasteiger partial charge is 0.269 e. The quantitative estimate of drug-likeness (QED) is 0.753. The van der Waals surface area contributed by atoms with Gasteiger partial charge in [-0.15, -0.1) is 0 Å². The Balaban J connectivity index is 2.51. The number of aromatic nitrogens is 1. The average molecular weight is 365 g/mol. The summed E-state index contributed by atoms with van der Waals surface area (Å²) in [4.78, 5) is 16.6. The molecule has 0 saturated heterocycles. The number of allylic oxidation sites excluding steroid dienone is 5. The highest BCUT2D eigenvalue weighted by Crippen LogP contribution is 2.17. The van der Waals surface area contributed by atoms with Crippen LogP contribution >= 0.6 is 23.2 Å². The van der Waals surface area contributed by atoms with E-state index in [0.29, 0.717) is 29.9 Å². The summed E-state index contributed by atoms with van der Waals surface area (Å²) in [6.07, 6.45) is 9.10. The molecule has 1 aliphatic heterocycles. The first-order chi connectivity index (χ1) is 11.5.